The summed E-state index contributed by atoms with van der Waals surface area (Å²) in [5.41, 5.74) is 2.76. The van der Waals surface area contributed by atoms with Gasteiger partial charge < -0.3 is 9.47 Å². The number of amides is 1. The zero-order valence-electron chi connectivity index (χ0n) is 15.8. The van der Waals surface area contributed by atoms with E-state index in [9.17, 15) is 4.79 Å². The van der Waals surface area contributed by atoms with Crippen molar-refractivity contribution in [1.82, 2.24) is 0 Å². The fourth-order valence-electron chi connectivity index (χ4n) is 2.69. The van der Waals surface area contributed by atoms with Crippen molar-refractivity contribution >= 4 is 46.0 Å². The fourth-order valence-corrected chi connectivity index (χ4v) is 3.99. The number of aryl methyl sites for hydroxylation is 1. The van der Waals surface area contributed by atoms with Crippen LogP contribution < -0.4 is 14.4 Å². The van der Waals surface area contributed by atoms with E-state index in [2.05, 4.69) is 6.58 Å². The third-order valence-corrected chi connectivity index (χ3v) is 5.31. The van der Waals surface area contributed by atoms with Crippen molar-refractivity contribution in [3.63, 3.8) is 0 Å². The molecule has 28 heavy (non-hydrogen) atoms. The molecule has 0 aliphatic carbocycles. The number of thiocarbonyl (C=S) groups is 1. The minimum Gasteiger partial charge on any atom is -0.490 e. The van der Waals surface area contributed by atoms with Gasteiger partial charge in [-0.25, -0.2) is 0 Å². The van der Waals surface area contributed by atoms with Crippen LogP contribution in [0.1, 0.15) is 18.1 Å². The van der Waals surface area contributed by atoms with Gasteiger partial charge in [0.05, 0.1) is 17.2 Å². The first-order chi connectivity index (χ1) is 13.5. The highest BCUT2D eigenvalue weighted by atomic mass is 32.2. The Labute approximate surface area is 174 Å². The van der Waals surface area contributed by atoms with Gasteiger partial charge in [-0.2, -0.15) is 0 Å². The van der Waals surface area contributed by atoms with Crippen LogP contribution in [-0.4, -0.2) is 23.4 Å². The van der Waals surface area contributed by atoms with Gasteiger partial charge in [0.25, 0.3) is 5.91 Å². The van der Waals surface area contributed by atoms with Crippen molar-refractivity contribution in [2.24, 2.45) is 0 Å². The molecule has 0 bridgehead atoms. The van der Waals surface area contributed by atoms with Gasteiger partial charge in [0.15, 0.2) is 15.8 Å². The molecule has 1 aliphatic heterocycles. The van der Waals surface area contributed by atoms with E-state index in [-0.39, 0.29) is 5.91 Å². The summed E-state index contributed by atoms with van der Waals surface area (Å²) in [6.07, 6.45) is 3.51. The molecule has 1 saturated heterocycles. The largest absolute Gasteiger partial charge is 0.490 e. The molecule has 0 spiro atoms. The minimum absolute atomic E-state index is 0.121. The second-order valence-electron chi connectivity index (χ2n) is 6.09. The first kappa shape index (κ1) is 20.2. The smallest absolute Gasteiger partial charge is 0.270 e. The quantitative estimate of drug-likeness (QED) is 0.348. The molecular weight excluding hydrogens is 390 g/mol. The molecule has 0 unspecified atom stereocenters. The van der Waals surface area contributed by atoms with Gasteiger partial charge in [0.2, 0.25) is 0 Å². The third kappa shape index (κ3) is 4.46. The van der Waals surface area contributed by atoms with Crippen molar-refractivity contribution in [3.05, 3.63) is 71.2 Å². The second kappa shape index (κ2) is 9.08. The number of hydrogen-bond acceptors (Lipinski definition) is 5. The lowest BCUT2D eigenvalue weighted by molar-refractivity contribution is -0.113. The number of carbonyl (C=O) groups is 1. The maximum Gasteiger partial charge on any atom is 0.270 e. The molecule has 0 radical (unpaired) electrons. The molecule has 144 valence electrons. The lowest BCUT2D eigenvalue weighted by Crippen LogP contribution is -2.27. The van der Waals surface area contributed by atoms with Crippen LogP contribution >= 0.6 is 24.0 Å². The molecule has 4 nitrogen and oxygen atoms in total. The molecule has 3 rings (SSSR count). The van der Waals surface area contributed by atoms with Crippen molar-refractivity contribution in [3.8, 4) is 11.5 Å². The zero-order valence-corrected chi connectivity index (χ0v) is 17.4. The summed E-state index contributed by atoms with van der Waals surface area (Å²) in [5.74, 6) is 1.15. The number of rotatable bonds is 7. The molecule has 2 aromatic rings. The van der Waals surface area contributed by atoms with E-state index in [0.717, 1.165) is 16.8 Å². The first-order valence-electron chi connectivity index (χ1n) is 8.88. The van der Waals surface area contributed by atoms with Crippen molar-refractivity contribution in [2.45, 2.75) is 13.8 Å². The normalized spacial score (nSPS) is 15.2. The van der Waals surface area contributed by atoms with Crippen LogP contribution in [0.2, 0.25) is 0 Å². The molecule has 1 amide bonds. The van der Waals surface area contributed by atoms with E-state index < -0.39 is 0 Å². The predicted molar refractivity (Wildman–Crippen MR) is 120 cm³/mol. The van der Waals surface area contributed by atoms with Crippen molar-refractivity contribution in [2.75, 3.05) is 18.1 Å². The Morgan fingerprint density at radius 1 is 1.14 bits per heavy atom. The Balaban J connectivity index is 1.87. The average molecular weight is 412 g/mol. The second-order valence-corrected chi connectivity index (χ2v) is 7.77. The molecule has 0 atom stereocenters. The molecule has 0 saturated carbocycles. The number of thioether (sulfide) groups is 1. The first-order valence-corrected chi connectivity index (χ1v) is 10.1. The lowest BCUT2D eigenvalue weighted by Gasteiger charge is -2.14. The number of nitrogens with zero attached hydrogens (tertiary/aromatic N) is 1. The van der Waals surface area contributed by atoms with E-state index in [0.29, 0.717) is 33.9 Å². The standard InChI is InChI=1S/C22H21NO3S2/c1-4-12-26-18-11-8-16(13-19(18)25-5-2)14-20-21(24)23(22(27)28-20)17-9-6-15(3)7-10-17/h4,6-11,13-14H,1,5,12H2,2-3H3/b20-14-. The predicted octanol–water partition coefficient (Wildman–Crippen LogP) is 5.36. The SMILES string of the molecule is C=CCOc1ccc(/C=C2\SC(=S)N(c3ccc(C)cc3)C2=O)cc1OCC. The molecule has 6 heteroatoms. The summed E-state index contributed by atoms with van der Waals surface area (Å²) < 4.78 is 11.8. The lowest BCUT2D eigenvalue weighted by atomic mass is 10.1. The molecule has 1 fully saturated rings. The third-order valence-electron chi connectivity index (χ3n) is 4.01. The fraction of sp³-hybridized carbons (Fsp3) is 0.182. The van der Waals surface area contributed by atoms with Crippen LogP contribution in [0.5, 0.6) is 11.5 Å². The highest BCUT2D eigenvalue weighted by Gasteiger charge is 2.33. The van der Waals surface area contributed by atoms with Crippen LogP contribution in [0, 0.1) is 6.92 Å². The van der Waals surface area contributed by atoms with Crippen LogP contribution in [-0.2, 0) is 4.79 Å². The highest BCUT2D eigenvalue weighted by Crippen LogP contribution is 2.37. The number of benzene rings is 2. The van der Waals surface area contributed by atoms with Gasteiger partial charge in [-0.3, -0.25) is 9.69 Å². The Kier molecular flexibility index (Phi) is 6.54. The van der Waals surface area contributed by atoms with E-state index in [1.54, 1.807) is 11.0 Å². The van der Waals surface area contributed by atoms with Gasteiger partial charge in [0.1, 0.15) is 6.61 Å². The van der Waals surface area contributed by atoms with Gasteiger partial charge in [-0.05, 0) is 49.8 Å². The van der Waals surface area contributed by atoms with Gasteiger partial charge >= 0.3 is 0 Å². The Hall–Kier alpha value is -2.57. The highest BCUT2D eigenvalue weighted by molar-refractivity contribution is 8.27. The summed E-state index contributed by atoms with van der Waals surface area (Å²) in [5, 5.41) is 0. The summed E-state index contributed by atoms with van der Waals surface area (Å²) in [6, 6.07) is 13.3. The van der Waals surface area contributed by atoms with Crippen LogP contribution in [0.25, 0.3) is 6.08 Å². The summed E-state index contributed by atoms with van der Waals surface area (Å²) in [4.78, 5) is 15.0. The van der Waals surface area contributed by atoms with E-state index in [4.69, 9.17) is 21.7 Å². The van der Waals surface area contributed by atoms with Crippen LogP contribution in [0.15, 0.2) is 60.0 Å². The Morgan fingerprint density at radius 2 is 1.89 bits per heavy atom. The summed E-state index contributed by atoms with van der Waals surface area (Å²) in [6.45, 7) is 8.49. The molecule has 2 aromatic carbocycles. The van der Waals surface area contributed by atoms with Gasteiger partial charge in [-0.1, -0.05) is 60.4 Å². The number of hydrogen-bond donors (Lipinski definition) is 0. The van der Waals surface area contributed by atoms with Crippen molar-refractivity contribution < 1.29 is 14.3 Å². The minimum atomic E-state index is -0.121. The molecular formula is C22H21NO3S2. The Morgan fingerprint density at radius 3 is 2.57 bits per heavy atom. The molecule has 1 heterocycles. The number of carbonyl (C=O) groups excluding carboxylic acids is 1. The molecule has 0 N–H and O–H groups in total. The van der Waals surface area contributed by atoms with E-state index in [1.165, 1.54) is 11.8 Å². The monoisotopic (exact) mass is 411 g/mol. The van der Waals surface area contributed by atoms with Crippen molar-refractivity contribution in [1.29, 1.82) is 0 Å². The van der Waals surface area contributed by atoms with E-state index in [1.807, 2.05) is 62.4 Å². The maximum atomic E-state index is 12.9. The maximum absolute atomic E-state index is 12.9. The van der Waals surface area contributed by atoms with E-state index >= 15 is 0 Å². The average Bonchev–Trinajstić information content (AvgIpc) is 2.95. The van der Waals surface area contributed by atoms with Crippen LogP contribution in [0.3, 0.4) is 0 Å². The zero-order chi connectivity index (χ0) is 20.1. The molecule has 1 aliphatic rings. The topological polar surface area (TPSA) is 38.8 Å². The Bertz CT molecular complexity index is 935. The van der Waals surface area contributed by atoms with Crippen LogP contribution in [0.4, 0.5) is 5.69 Å². The molecule has 0 aromatic heterocycles. The summed E-state index contributed by atoms with van der Waals surface area (Å²) in [7, 11) is 0. The van der Waals surface area contributed by atoms with Gasteiger partial charge in [-0.15, -0.1) is 0 Å². The number of ether oxygens (including phenoxy) is 2. The van der Waals surface area contributed by atoms with Gasteiger partial charge in [0, 0.05) is 0 Å². The number of anilines is 1. The summed E-state index contributed by atoms with van der Waals surface area (Å²) >= 11 is 6.73.